The van der Waals surface area contributed by atoms with E-state index in [9.17, 15) is 0 Å². The highest BCUT2D eigenvalue weighted by Crippen LogP contribution is 2.32. The van der Waals surface area contributed by atoms with Gasteiger partial charge < -0.3 is 15.0 Å². The van der Waals surface area contributed by atoms with Crippen LogP contribution < -0.4 is 10.1 Å². The zero-order chi connectivity index (χ0) is 15.7. The van der Waals surface area contributed by atoms with E-state index in [1.165, 1.54) is 0 Å². The molecule has 0 aliphatic carbocycles. The van der Waals surface area contributed by atoms with Crippen molar-refractivity contribution in [3.8, 4) is 5.75 Å². The molecule has 0 atom stereocenters. The quantitative estimate of drug-likeness (QED) is 0.550. The van der Waals surface area contributed by atoms with Crippen LogP contribution in [0.25, 0.3) is 0 Å². The third-order valence-electron chi connectivity index (χ3n) is 3.41. The van der Waals surface area contributed by atoms with Gasteiger partial charge in [-0.25, -0.2) is 0 Å². The first-order valence-electron chi connectivity index (χ1n) is 7.66. The maximum absolute atomic E-state index is 6.19. The Bertz CT molecular complexity index is 429. The Hall–Kier alpha value is 0.1000. The molecule has 0 aromatic heterocycles. The SMILES string of the molecule is CCOc1c(Cl)cc(Cl)cc1CNCCCN(CC)CC.Cl.Cl. The topological polar surface area (TPSA) is 24.5 Å². The lowest BCUT2D eigenvalue weighted by atomic mass is 10.2. The van der Waals surface area contributed by atoms with Gasteiger partial charge in [-0.15, -0.1) is 24.8 Å². The first-order chi connectivity index (χ1) is 10.1. The van der Waals surface area contributed by atoms with Gasteiger partial charge in [0.15, 0.2) is 0 Å². The number of ether oxygens (including phenoxy) is 1. The van der Waals surface area contributed by atoms with Crippen LogP contribution >= 0.6 is 48.0 Å². The highest BCUT2D eigenvalue weighted by atomic mass is 35.5. The summed E-state index contributed by atoms with van der Waals surface area (Å²) in [5.41, 5.74) is 1.01. The van der Waals surface area contributed by atoms with E-state index >= 15 is 0 Å². The molecule has 1 rings (SSSR count). The smallest absolute Gasteiger partial charge is 0.142 e. The van der Waals surface area contributed by atoms with Crippen LogP contribution in [0.5, 0.6) is 5.75 Å². The molecule has 23 heavy (non-hydrogen) atoms. The summed E-state index contributed by atoms with van der Waals surface area (Å²) in [6, 6.07) is 3.63. The number of nitrogens with zero attached hydrogens (tertiary/aromatic N) is 1. The highest BCUT2D eigenvalue weighted by Gasteiger charge is 2.10. The Kier molecular flexibility index (Phi) is 15.9. The Labute approximate surface area is 162 Å². The lowest BCUT2D eigenvalue weighted by molar-refractivity contribution is 0.297. The van der Waals surface area contributed by atoms with Crippen LogP contribution in [-0.4, -0.2) is 37.7 Å². The molecule has 0 amide bonds. The van der Waals surface area contributed by atoms with Crippen LogP contribution in [0.4, 0.5) is 0 Å². The van der Waals surface area contributed by atoms with Gasteiger partial charge in [0, 0.05) is 17.1 Å². The second kappa shape index (κ2) is 14.4. The van der Waals surface area contributed by atoms with Crippen molar-refractivity contribution in [1.29, 1.82) is 0 Å². The number of benzene rings is 1. The number of rotatable bonds is 10. The fourth-order valence-electron chi connectivity index (χ4n) is 2.24. The van der Waals surface area contributed by atoms with E-state index in [1.807, 2.05) is 13.0 Å². The molecule has 0 aliphatic rings. The highest BCUT2D eigenvalue weighted by molar-refractivity contribution is 6.35. The number of hydrogen-bond donors (Lipinski definition) is 1. The summed E-state index contributed by atoms with van der Waals surface area (Å²) >= 11 is 12.3. The third-order valence-corrected chi connectivity index (χ3v) is 3.91. The van der Waals surface area contributed by atoms with Crippen LogP contribution in [0.15, 0.2) is 12.1 Å². The molecule has 0 radical (unpaired) electrons. The summed E-state index contributed by atoms with van der Waals surface area (Å²) in [4.78, 5) is 2.42. The molecule has 7 heteroatoms. The number of nitrogens with one attached hydrogen (secondary N) is 1. The maximum atomic E-state index is 6.19. The van der Waals surface area contributed by atoms with Crippen LogP contribution in [0.2, 0.25) is 10.0 Å². The Morgan fingerprint density at radius 1 is 1.09 bits per heavy atom. The summed E-state index contributed by atoms with van der Waals surface area (Å²) in [5, 5.41) is 4.65. The summed E-state index contributed by atoms with van der Waals surface area (Å²) in [6.07, 6.45) is 1.12. The lowest BCUT2D eigenvalue weighted by Crippen LogP contribution is -2.27. The molecule has 0 spiro atoms. The Balaban J connectivity index is 0. The standard InChI is InChI=1S/C16H26Cl2N2O.2ClH/c1-4-20(5-2)9-7-8-19-12-13-10-14(17)11-15(18)16(13)21-6-3;;/h10-11,19H,4-9,12H2,1-3H3;2*1H. The van der Waals surface area contributed by atoms with Gasteiger partial charge in [-0.3, -0.25) is 0 Å². The van der Waals surface area contributed by atoms with Crippen LogP contribution in [0, 0.1) is 0 Å². The monoisotopic (exact) mass is 404 g/mol. The Morgan fingerprint density at radius 3 is 2.30 bits per heavy atom. The van der Waals surface area contributed by atoms with Crippen molar-refractivity contribution in [3.63, 3.8) is 0 Å². The van der Waals surface area contributed by atoms with E-state index in [1.54, 1.807) is 6.07 Å². The molecule has 1 aromatic carbocycles. The van der Waals surface area contributed by atoms with Crippen molar-refractivity contribution in [3.05, 3.63) is 27.7 Å². The predicted molar refractivity (Wildman–Crippen MR) is 106 cm³/mol. The van der Waals surface area contributed by atoms with Gasteiger partial charge >= 0.3 is 0 Å². The average molecular weight is 406 g/mol. The van der Waals surface area contributed by atoms with Crippen molar-refractivity contribution in [2.75, 3.05) is 32.8 Å². The van der Waals surface area contributed by atoms with Crippen molar-refractivity contribution >= 4 is 48.0 Å². The molecule has 0 aliphatic heterocycles. The summed E-state index contributed by atoms with van der Waals surface area (Å²) in [6.45, 7) is 11.9. The predicted octanol–water partition coefficient (Wildman–Crippen LogP) is 5.06. The van der Waals surface area contributed by atoms with Crippen molar-refractivity contribution in [2.24, 2.45) is 0 Å². The van der Waals surface area contributed by atoms with Gasteiger partial charge in [0.05, 0.1) is 11.6 Å². The first-order valence-corrected chi connectivity index (χ1v) is 8.41. The molecule has 0 fully saturated rings. The minimum Gasteiger partial charge on any atom is -0.492 e. The largest absolute Gasteiger partial charge is 0.492 e. The van der Waals surface area contributed by atoms with Gasteiger partial charge in [0.2, 0.25) is 0 Å². The lowest BCUT2D eigenvalue weighted by Gasteiger charge is -2.18. The summed E-state index contributed by atoms with van der Waals surface area (Å²) in [7, 11) is 0. The fourth-order valence-corrected chi connectivity index (χ4v) is 2.83. The summed E-state index contributed by atoms with van der Waals surface area (Å²) < 4.78 is 5.61. The molecule has 0 saturated heterocycles. The molecule has 0 bridgehead atoms. The normalized spacial score (nSPS) is 10.2. The first kappa shape index (κ1) is 25.3. The molecular formula is C16H28Cl4N2O. The third kappa shape index (κ3) is 9.23. The molecule has 0 unspecified atom stereocenters. The summed E-state index contributed by atoms with van der Waals surface area (Å²) in [5.74, 6) is 0.736. The zero-order valence-corrected chi connectivity index (χ0v) is 17.2. The van der Waals surface area contributed by atoms with Crippen LogP contribution in [-0.2, 0) is 6.54 Å². The van der Waals surface area contributed by atoms with Gasteiger partial charge in [-0.05, 0) is 51.7 Å². The van der Waals surface area contributed by atoms with Gasteiger partial charge in [-0.2, -0.15) is 0 Å². The van der Waals surface area contributed by atoms with E-state index in [0.717, 1.165) is 43.9 Å². The fraction of sp³-hybridized carbons (Fsp3) is 0.625. The van der Waals surface area contributed by atoms with E-state index in [-0.39, 0.29) is 24.8 Å². The average Bonchev–Trinajstić information content (AvgIpc) is 2.46. The maximum Gasteiger partial charge on any atom is 0.142 e. The van der Waals surface area contributed by atoms with E-state index in [0.29, 0.717) is 23.2 Å². The molecule has 1 N–H and O–H groups in total. The molecule has 0 saturated carbocycles. The van der Waals surface area contributed by atoms with Crippen LogP contribution in [0.3, 0.4) is 0 Å². The zero-order valence-electron chi connectivity index (χ0n) is 14.0. The van der Waals surface area contributed by atoms with Crippen molar-refractivity contribution in [2.45, 2.75) is 33.7 Å². The van der Waals surface area contributed by atoms with Crippen molar-refractivity contribution < 1.29 is 4.74 Å². The van der Waals surface area contributed by atoms with Crippen LogP contribution in [0.1, 0.15) is 32.8 Å². The molecule has 136 valence electrons. The van der Waals surface area contributed by atoms with E-state index in [2.05, 4.69) is 24.1 Å². The molecule has 1 aromatic rings. The van der Waals surface area contributed by atoms with Gasteiger partial charge in [0.1, 0.15) is 5.75 Å². The molecular weight excluding hydrogens is 378 g/mol. The number of hydrogen-bond acceptors (Lipinski definition) is 3. The van der Waals surface area contributed by atoms with Gasteiger partial charge in [-0.1, -0.05) is 37.0 Å². The molecule has 0 heterocycles. The number of halogens is 4. The minimum absolute atomic E-state index is 0. The van der Waals surface area contributed by atoms with E-state index in [4.69, 9.17) is 27.9 Å². The Morgan fingerprint density at radius 2 is 1.74 bits per heavy atom. The second-order valence-electron chi connectivity index (χ2n) is 4.87. The molecule has 3 nitrogen and oxygen atoms in total. The van der Waals surface area contributed by atoms with Crippen molar-refractivity contribution in [1.82, 2.24) is 10.2 Å². The second-order valence-corrected chi connectivity index (χ2v) is 5.71. The van der Waals surface area contributed by atoms with E-state index < -0.39 is 0 Å². The van der Waals surface area contributed by atoms with Gasteiger partial charge in [0.25, 0.3) is 0 Å². The minimum atomic E-state index is 0.